The third kappa shape index (κ3) is 5.53. The van der Waals surface area contributed by atoms with Crippen molar-refractivity contribution in [2.45, 2.75) is 13.3 Å². The summed E-state index contributed by atoms with van der Waals surface area (Å²) < 4.78 is 10.8. The Morgan fingerprint density at radius 1 is 1.07 bits per heavy atom. The highest BCUT2D eigenvalue weighted by Crippen LogP contribution is 2.34. The fourth-order valence-corrected chi connectivity index (χ4v) is 2.98. The summed E-state index contributed by atoms with van der Waals surface area (Å²) in [5.41, 5.74) is 1.66. The molecule has 0 saturated carbocycles. The Morgan fingerprint density at radius 2 is 1.83 bits per heavy atom. The molecule has 7 heteroatoms. The zero-order valence-corrected chi connectivity index (χ0v) is 17.7. The quantitative estimate of drug-likeness (QED) is 0.335. The van der Waals surface area contributed by atoms with Crippen molar-refractivity contribution in [3.05, 3.63) is 82.0 Å². The Labute approximate surface area is 184 Å². The molecule has 0 aliphatic rings. The standard InChI is InChI=1S/C23H19Cl2NO4/c1-2-14-29-23(28)15-6-8-16(9-7-15)26-21(27)13-11-17-10-12-20(30-17)18-4-3-5-19(24)22(18)25/h3-13H,2,14H2,1H3,(H,26,27). The van der Waals surface area contributed by atoms with Crippen LogP contribution in [0, 0.1) is 0 Å². The summed E-state index contributed by atoms with van der Waals surface area (Å²) in [6.07, 6.45) is 3.66. The number of ether oxygens (including phenoxy) is 1. The van der Waals surface area contributed by atoms with E-state index in [1.165, 1.54) is 6.08 Å². The molecular weight excluding hydrogens is 425 g/mol. The summed E-state index contributed by atoms with van der Waals surface area (Å²) in [5, 5.41) is 3.56. The van der Waals surface area contributed by atoms with E-state index in [-0.39, 0.29) is 11.9 Å². The van der Waals surface area contributed by atoms with Gasteiger partial charge in [0.1, 0.15) is 11.5 Å². The van der Waals surface area contributed by atoms with Crippen molar-refractivity contribution in [1.82, 2.24) is 0 Å². The van der Waals surface area contributed by atoms with Gasteiger partial charge in [-0.05, 0) is 61.0 Å². The van der Waals surface area contributed by atoms with Crippen LogP contribution in [0.1, 0.15) is 29.5 Å². The first-order valence-corrected chi connectivity index (χ1v) is 10.0. The summed E-state index contributed by atoms with van der Waals surface area (Å²) >= 11 is 12.2. The van der Waals surface area contributed by atoms with Crippen LogP contribution in [0.25, 0.3) is 17.4 Å². The fraction of sp³-hybridized carbons (Fsp3) is 0.130. The van der Waals surface area contributed by atoms with Crippen LogP contribution >= 0.6 is 23.2 Å². The van der Waals surface area contributed by atoms with E-state index in [0.717, 1.165) is 6.42 Å². The number of carbonyl (C=O) groups excluding carboxylic acids is 2. The van der Waals surface area contributed by atoms with Gasteiger partial charge >= 0.3 is 5.97 Å². The number of benzene rings is 2. The molecule has 1 aromatic heterocycles. The Morgan fingerprint density at radius 3 is 2.57 bits per heavy atom. The topological polar surface area (TPSA) is 68.5 Å². The Bertz CT molecular complexity index is 1070. The van der Waals surface area contributed by atoms with Crippen LogP contribution in [0.15, 0.2) is 65.1 Å². The molecule has 3 rings (SSSR count). The van der Waals surface area contributed by atoms with Crippen molar-refractivity contribution in [3.63, 3.8) is 0 Å². The zero-order chi connectivity index (χ0) is 21.5. The fourth-order valence-electron chi connectivity index (χ4n) is 2.59. The molecular formula is C23H19Cl2NO4. The monoisotopic (exact) mass is 443 g/mol. The van der Waals surface area contributed by atoms with Crippen molar-refractivity contribution in [2.75, 3.05) is 11.9 Å². The Hall–Kier alpha value is -3.02. The van der Waals surface area contributed by atoms with Crippen LogP contribution in [-0.2, 0) is 9.53 Å². The van der Waals surface area contributed by atoms with Crippen LogP contribution in [0.5, 0.6) is 0 Å². The number of hydrogen-bond acceptors (Lipinski definition) is 4. The average Bonchev–Trinajstić information content (AvgIpc) is 3.22. The lowest BCUT2D eigenvalue weighted by Crippen LogP contribution is -2.09. The highest BCUT2D eigenvalue weighted by atomic mass is 35.5. The van der Waals surface area contributed by atoms with Gasteiger partial charge < -0.3 is 14.5 Å². The van der Waals surface area contributed by atoms with E-state index in [1.807, 2.05) is 6.92 Å². The molecule has 154 valence electrons. The molecule has 0 aliphatic heterocycles. The Balaban J connectivity index is 1.61. The molecule has 0 bridgehead atoms. The van der Waals surface area contributed by atoms with Gasteiger partial charge in [-0.1, -0.05) is 36.2 Å². The lowest BCUT2D eigenvalue weighted by atomic mass is 10.2. The number of amides is 1. The molecule has 0 fully saturated rings. The highest BCUT2D eigenvalue weighted by Gasteiger charge is 2.10. The predicted octanol–water partition coefficient (Wildman–Crippen LogP) is 6.47. The lowest BCUT2D eigenvalue weighted by molar-refractivity contribution is -0.111. The number of furan rings is 1. The van der Waals surface area contributed by atoms with Crippen LogP contribution in [-0.4, -0.2) is 18.5 Å². The first-order valence-electron chi connectivity index (χ1n) is 9.28. The predicted molar refractivity (Wildman–Crippen MR) is 119 cm³/mol. The molecule has 2 aromatic carbocycles. The van der Waals surface area contributed by atoms with E-state index < -0.39 is 0 Å². The number of anilines is 1. The van der Waals surface area contributed by atoms with Gasteiger partial charge in [0.15, 0.2) is 0 Å². The van der Waals surface area contributed by atoms with E-state index in [4.69, 9.17) is 32.4 Å². The highest BCUT2D eigenvalue weighted by molar-refractivity contribution is 6.43. The van der Waals surface area contributed by atoms with Crippen molar-refractivity contribution in [2.24, 2.45) is 0 Å². The third-order valence-electron chi connectivity index (χ3n) is 4.07. The van der Waals surface area contributed by atoms with Crippen LogP contribution in [0.2, 0.25) is 10.0 Å². The SMILES string of the molecule is CCCOC(=O)c1ccc(NC(=O)C=Cc2ccc(-c3cccc(Cl)c3Cl)o2)cc1. The maximum absolute atomic E-state index is 12.2. The van der Waals surface area contributed by atoms with Gasteiger partial charge in [-0.25, -0.2) is 4.79 Å². The molecule has 0 radical (unpaired) electrons. The number of halogens is 2. The minimum atomic E-state index is -0.386. The van der Waals surface area contributed by atoms with Crippen molar-refractivity contribution in [1.29, 1.82) is 0 Å². The van der Waals surface area contributed by atoms with Gasteiger partial charge in [-0.2, -0.15) is 0 Å². The smallest absolute Gasteiger partial charge is 0.338 e. The van der Waals surface area contributed by atoms with Gasteiger partial charge in [0.05, 0.1) is 22.2 Å². The van der Waals surface area contributed by atoms with Crippen molar-refractivity contribution >= 4 is 46.8 Å². The van der Waals surface area contributed by atoms with Crippen LogP contribution in [0.3, 0.4) is 0 Å². The average molecular weight is 444 g/mol. The lowest BCUT2D eigenvalue weighted by Gasteiger charge is -2.05. The molecule has 1 heterocycles. The summed E-state index contributed by atoms with van der Waals surface area (Å²) in [4.78, 5) is 23.9. The molecule has 5 nitrogen and oxygen atoms in total. The summed E-state index contributed by atoms with van der Waals surface area (Å²) in [5.74, 6) is 0.316. The van der Waals surface area contributed by atoms with Crippen LogP contribution in [0.4, 0.5) is 5.69 Å². The molecule has 0 atom stereocenters. The number of hydrogen-bond donors (Lipinski definition) is 1. The largest absolute Gasteiger partial charge is 0.462 e. The molecule has 30 heavy (non-hydrogen) atoms. The Kier molecular flexibility index (Phi) is 7.33. The molecule has 0 spiro atoms. The van der Waals surface area contributed by atoms with Gasteiger partial charge in [-0.15, -0.1) is 0 Å². The number of nitrogens with one attached hydrogen (secondary N) is 1. The summed E-state index contributed by atoms with van der Waals surface area (Å²) in [6.45, 7) is 2.30. The minimum Gasteiger partial charge on any atom is -0.462 e. The van der Waals surface area contributed by atoms with E-state index in [0.29, 0.717) is 45.0 Å². The van der Waals surface area contributed by atoms with Crippen molar-refractivity contribution in [3.8, 4) is 11.3 Å². The van der Waals surface area contributed by atoms with E-state index in [9.17, 15) is 9.59 Å². The summed E-state index contributed by atoms with van der Waals surface area (Å²) in [6, 6.07) is 15.2. The third-order valence-corrected chi connectivity index (χ3v) is 4.89. The number of esters is 1. The van der Waals surface area contributed by atoms with Gasteiger partial charge in [0.2, 0.25) is 5.91 Å². The second-order valence-electron chi connectivity index (χ2n) is 6.34. The number of rotatable bonds is 7. The maximum Gasteiger partial charge on any atom is 0.338 e. The maximum atomic E-state index is 12.2. The second kappa shape index (κ2) is 10.1. The first-order chi connectivity index (χ1) is 14.5. The molecule has 0 saturated heterocycles. The van der Waals surface area contributed by atoms with E-state index >= 15 is 0 Å². The summed E-state index contributed by atoms with van der Waals surface area (Å²) in [7, 11) is 0. The van der Waals surface area contributed by atoms with Gasteiger partial charge in [-0.3, -0.25) is 4.79 Å². The normalized spacial score (nSPS) is 10.9. The second-order valence-corrected chi connectivity index (χ2v) is 7.12. The minimum absolute atomic E-state index is 0.338. The van der Waals surface area contributed by atoms with Crippen LogP contribution < -0.4 is 5.32 Å². The molecule has 1 N–H and O–H groups in total. The first kappa shape index (κ1) is 21.7. The molecule has 3 aromatic rings. The molecule has 1 amide bonds. The van der Waals surface area contributed by atoms with E-state index in [2.05, 4.69) is 5.32 Å². The molecule has 0 aliphatic carbocycles. The zero-order valence-electron chi connectivity index (χ0n) is 16.2. The molecule has 0 unspecified atom stereocenters. The van der Waals surface area contributed by atoms with Crippen molar-refractivity contribution < 1.29 is 18.7 Å². The number of carbonyl (C=O) groups is 2. The van der Waals surface area contributed by atoms with Gasteiger partial charge in [0.25, 0.3) is 0 Å². The van der Waals surface area contributed by atoms with Gasteiger partial charge in [0, 0.05) is 17.3 Å². The van der Waals surface area contributed by atoms with E-state index in [1.54, 1.807) is 60.7 Å².